The van der Waals surface area contributed by atoms with E-state index in [0.29, 0.717) is 32.7 Å². The Bertz CT molecular complexity index is 1170. The maximum atomic E-state index is 12.8. The quantitative estimate of drug-likeness (QED) is 0.302. The molecular weight excluding hydrogens is 436 g/mol. The molecule has 150 valence electrons. The summed E-state index contributed by atoms with van der Waals surface area (Å²) in [6.07, 6.45) is 1.92. The fraction of sp³-hybridized carbons (Fsp3) is 0.222. The van der Waals surface area contributed by atoms with Gasteiger partial charge in [0, 0.05) is 23.8 Å². The molecule has 2 saturated heterocycles. The Labute approximate surface area is 175 Å². The molecule has 1 aromatic carbocycles. The SMILES string of the molecule is O=C1/C(=C/c2ccc(-c3cccc([N+](=O)[O-])c3)o2)SC(=S)N1[C@@H]1CCS(=O)(=O)C1. The highest BCUT2D eigenvalue weighted by atomic mass is 32.2. The first kappa shape index (κ1) is 19.8. The van der Waals surface area contributed by atoms with Gasteiger partial charge in [-0.1, -0.05) is 36.1 Å². The van der Waals surface area contributed by atoms with Crippen LogP contribution in [0.5, 0.6) is 0 Å². The van der Waals surface area contributed by atoms with Crippen molar-refractivity contribution in [3.63, 3.8) is 0 Å². The molecule has 2 aromatic rings. The number of non-ortho nitro benzene ring substituents is 1. The van der Waals surface area contributed by atoms with Gasteiger partial charge in [-0.05, 0) is 18.6 Å². The maximum absolute atomic E-state index is 12.8. The highest BCUT2D eigenvalue weighted by Crippen LogP contribution is 2.37. The summed E-state index contributed by atoms with van der Waals surface area (Å²) in [6, 6.07) is 8.93. The van der Waals surface area contributed by atoms with Crippen molar-refractivity contribution in [3.05, 3.63) is 57.2 Å². The molecule has 8 nitrogen and oxygen atoms in total. The fourth-order valence-electron chi connectivity index (χ4n) is 3.26. The van der Waals surface area contributed by atoms with Gasteiger partial charge in [0.15, 0.2) is 9.84 Å². The van der Waals surface area contributed by atoms with Crippen LogP contribution in [-0.2, 0) is 14.6 Å². The van der Waals surface area contributed by atoms with Gasteiger partial charge in [-0.2, -0.15) is 0 Å². The summed E-state index contributed by atoms with van der Waals surface area (Å²) < 4.78 is 29.5. The van der Waals surface area contributed by atoms with Crippen LogP contribution in [0.2, 0.25) is 0 Å². The number of benzene rings is 1. The van der Waals surface area contributed by atoms with Crippen molar-refractivity contribution in [2.45, 2.75) is 12.5 Å². The average Bonchev–Trinajstić information content (AvgIpc) is 3.34. The zero-order valence-electron chi connectivity index (χ0n) is 14.8. The van der Waals surface area contributed by atoms with E-state index in [0.717, 1.165) is 11.8 Å². The Kier molecular flexibility index (Phi) is 5.05. The van der Waals surface area contributed by atoms with Crippen LogP contribution in [0, 0.1) is 10.1 Å². The van der Waals surface area contributed by atoms with Crippen molar-refractivity contribution in [2.75, 3.05) is 11.5 Å². The fourth-order valence-corrected chi connectivity index (χ4v) is 6.34. The van der Waals surface area contributed by atoms with Gasteiger partial charge in [0.05, 0.1) is 27.4 Å². The van der Waals surface area contributed by atoms with Crippen LogP contribution in [0.1, 0.15) is 12.2 Å². The molecule has 0 bridgehead atoms. The maximum Gasteiger partial charge on any atom is 0.270 e. The van der Waals surface area contributed by atoms with E-state index in [2.05, 4.69) is 0 Å². The first-order valence-corrected chi connectivity index (χ1v) is 11.6. The highest BCUT2D eigenvalue weighted by Gasteiger charge is 2.42. The van der Waals surface area contributed by atoms with E-state index in [4.69, 9.17) is 16.6 Å². The minimum Gasteiger partial charge on any atom is -0.457 e. The summed E-state index contributed by atoms with van der Waals surface area (Å²) in [6.45, 7) is 0. The summed E-state index contributed by atoms with van der Waals surface area (Å²) >= 11 is 6.38. The molecule has 1 atom stereocenters. The average molecular weight is 451 g/mol. The van der Waals surface area contributed by atoms with Crippen molar-refractivity contribution < 1.29 is 22.6 Å². The number of rotatable bonds is 4. The van der Waals surface area contributed by atoms with E-state index in [1.807, 2.05) is 0 Å². The van der Waals surface area contributed by atoms with E-state index in [-0.39, 0.29) is 23.1 Å². The highest BCUT2D eigenvalue weighted by molar-refractivity contribution is 8.26. The normalized spacial score (nSPS) is 22.6. The minimum absolute atomic E-state index is 0.0483. The van der Waals surface area contributed by atoms with Gasteiger partial charge in [0.1, 0.15) is 15.8 Å². The molecule has 0 unspecified atom stereocenters. The first-order valence-electron chi connectivity index (χ1n) is 8.56. The third-order valence-electron chi connectivity index (χ3n) is 4.64. The number of amides is 1. The minimum atomic E-state index is -3.14. The number of nitrogens with zero attached hydrogens (tertiary/aromatic N) is 2. The second-order valence-corrected chi connectivity index (χ2v) is 10.5. The number of thioether (sulfide) groups is 1. The molecule has 29 heavy (non-hydrogen) atoms. The zero-order valence-corrected chi connectivity index (χ0v) is 17.3. The Morgan fingerprint density at radius 1 is 1.31 bits per heavy atom. The van der Waals surface area contributed by atoms with Crippen LogP contribution in [0.25, 0.3) is 17.4 Å². The molecule has 3 heterocycles. The van der Waals surface area contributed by atoms with Crippen LogP contribution in [0.4, 0.5) is 5.69 Å². The third-order valence-corrected chi connectivity index (χ3v) is 7.72. The Morgan fingerprint density at radius 3 is 2.79 bits per heavy atom. The van der Waals surface area contributed by atoms with Gasteiger partial charge in [0.25, 0.3) is 11.6 Å². The monoisotopic (exact) mass is 450 g/mol. The number of hydrogen-bond acceptors (Lipinski definition) is 8. The molecule has 4 rings (SSSR count). The summed E-state index contributed by atoms with van der Waals surface area (Å²) in [7, 11) is -3.14. The van der Waals surface area contributed by atoms with Crippen LogP contribution in [0.3, 0.4) is 0 Å². The summed E-state index contributed by atoms with van der Waals surface area (Å²) in [5.41, 5.74) is 0.496. The molecule has 0 spiro atoms. The second-order valence-electron chi connectivity index (χ2n) is 6.62. The molecule has 0 radical (unpaired) electrons. The van der Waals surface area contributed by atoms with E-state index in [1.54, 1.807) is 30.3 Å². The largest absolute Gasteiger partial charge is 0.457 e. The molecule has 1 aromatic heterocycles. The molecular formula is C18H14N2O6S3. The van der Waals surface area contributed by atoms with Crippen molar-refractivity contribution in [1.29, 1.82) is 0 Å². The lowest BCUT2D eigenvalue weighted by Gasteiger charge is -2.20. The molecule has 0 aliphatic carbocycles. The molecule has 2 aliphatic rings. The van der Waals surface area contributed by atoms with E-state index >= 15 is 0 Å². The lowest BCUT2D eigenvalue weighted by atomic mass is 10.1. The van der Waals surface area contributed by atoms with E-state index in [9.17, 15) is 23.3 Å². The number of sulfone groups is 1. The van der Waals surface area contributed by atoms with Gasteiger partial charge in [-0.25, -0.2) is 8.42 Å². The molecule has 2 fully saturated rings. The predicted molar refractivity (Wildman–Crippen MR) is 113 cm³/mol. The molecule has 11 heteroatoms. The van der Waals surface area contributed by atoms with Gasteiger partial charge in [0.2, 0.25) is 0 Å². The standard InChI is InChI=1S/C18H14N2O6S3/c21-17-16(28-18(27)19(17)13-6-7-29(24,25)10-13)9-14-4-5-15(26-14)11-2-1-3-12(8-11)20(22)23/h1-5,8-9,13H,6-7,10H2/b16-9-/t13-/m1/s1. The number of furan rings is 1. The second kappa shape index (κ2) is 7.39. The lowest BCUT2D eigenvalue weighted by Crippen LogP contribution is -2.39. The van der Waals surface area contributed by atoms with Crippen molar-refractivity contribution in [3.8, 4) is 11.3 Å². The third kappa shape index (κ3) is 3.98. The van der Waals surface area contributed by atoms with Gasteiger partial charge in [-0.15, -0.1) is 0 Å². The molecule has 0 N–H and O–H groups in total. The van der Waals surface area contributed by atoms with E-state index < -0.39 is 20.8 Å². The smallest absolute Gasteiger partial charge is 0.270 e. The first-order chi connectivity index (χ1) is 13.7. The topological polar surface area (TPSA) is 111 Å². The van der Waals surface area contributed by atoms with Gasteiger partial charge >= 0.3 is 0 Å². The number of carbonyl (C=O) groups is 1. The number of nitro benzene ring substituents is 1. The number of hydrogen-bond donors (Lipinski definition) is 0. The Morgan fingerprint density at radius 2 is 2.10 bits per heavy atom. The Balaban J connectivity index is 1.56. The number of nitro groups is 1. The Hall–Kier alpha value is -2.50. The molecule has 2 aliphatic heterocycles. The van der Waals surface area contributed by atoms with Gasteiger partial charge < -0.3 is 4.42 Å². The summed E-state index contributed by atoms with van der Waals surface area (Å²) in [5.74, 6) is 0.460. The van der Waals surface area contributed by atoms with Crippen molar-refractivity contribution in [2.24, 2.45) is 0 Å². The van der Waals surface area contributed by atoms with Crippen LogP contribution in [-0.4, -0.2) is 46.0 Å². The number of thiocarbonyl (C=S) groups is 1. The molecule has 0 saturated carbocycles. The van der Waals surface area contributed by atoms with Crippen molar-refractivity contribution in [1.82, 2.24) is 4.90 Å². The van der Waals surface area contributed by atoms with Crippen LogP contribution in [0.15, 0.2) is 45.7 Å². The summed E-state index contributed by atoms with van der Waals surface area (Å²) in [5, 5.41) is 10.9. The lowest BCUT2D eigenvalue weighted by molar-refractivity contribution is -0.384. The van der Waals surface area contributed by atoms with E-state index in [1.165, 1.54) is 17.0 Å². The molecule has 1 amide bonds. The van der Waals surface area contributed by atoms with Gasteiger partial charge in [-0.3, -0.25) is 19.8 Å². The zero-order chi connectivity index (χ0) is 20.8. The van der Waals surface area contributed by atoms with Crippen LogP contribution >= 0.6 is 24.0 Å². The predicted octanol–water partition coefficient (Wildman–Crippen LogP) is 3.24. The summed E-state index contributed by atoms with van der Waals surface area (Å²) in [4.78, 5) is 24.9. The number of carbonyl (C=O) groups excluding carboxylic acids is 1. The van der Waals surface area contributed by atoms with Crippen molar-refractivity contribution >= 4 is 55.8 Å². The van der Waals surface area contributed by atoms with Crippen LogP contribution < -0.4 is 0 Å².